The number of sulfonamides is 1. The van der Waals surface area contributed by atoms with Gasteiger partial charge in [0, 0.05) is 0 Å². The summed E-state index contributed by atoms with van der Waals surface area (Å²) in [6.45, 7) is 0.631. The summed E-state index contributed by atoms with van der Waals surface area (Å²) in [5, 5.41) is 0. The first-order valence-electron chi connectivity index (χ1n) is 2.97. The number of alkyl halides is 3. The Kier molecular flexibility index (Phi) is 3.89. The molecule has 6 nitrogen and oxygen atoms in total. The predicted octanol–water partition coefficient (Wildman–Crippen LogP) is 0.491. The number of rotatable bonds is 4. The lowest BCUT2D eigenvalue weighted by molar-refractivity contribution is -0.0425. The highest BCUT2D eigenvalue weighted by molar-refractivity contribution is 8.10. The number of hydrogen-bond acceptors (Lipinski definition) is 5. The van der Waals surface area contributed by atoms with E-state index >= 15 is 0 Å². The Hall–Kier alpha value is -0.390. The van der Waals surface area contributed by atoms with Gasteiger partial charge in [-0.05, 0) is 6.92 Å². The van der Waals surface area contributed by atoms with E-state index in [0.29, 0.717) is 0 Å². The molecule has 0 aromatic rings. The van der Waals surface area contributed by atoms with Crippen LogP contribution in [0.25, 0.3) is 4.13 Å². The summed E-state index contributed by atoms with van der Waals surface area (Å²) in [5.74, 6) is 0. The molecule has 86 valence electrons. The first kappa shape index (κ1) is 13.6. The van der Waals surface area contributed by atoms with Crippen molar-refractivity contribution in [3.05, 3.63) is 4.13 Å². The van der Waals surface area contributed by atoms with Crippen LogP contribution in [0.3, 0.4) is 0 Å². The van der Waals surface area contributed by atoms with E-state index in [1.54, 1.807) is 4.13 Å². The Morgan fingerprint density at radius 2 is 1.64 bits per heavy atom. The zero-order valence-corrected chi connectivity index (χ0v) is 8.28. The van der Waals surface area contributed by atoms with Gasteiger partial charge in [0.2, 0.25) is 10.3 Å². The molecule has 0 bridgehead atoms. The van der Waals surface area contributed by atoms with Crippen molar-refractivity contribution >= 4 is 20.3 Å². The maximum atomic E-state index is 11.6. The highest BCUT2D eigenvalue weighted by Gasteiger charge is 2.40. The van der Waals surface area contributed by atoms with Crippen LogP contribution >= 0.6 is 0 Å². The van der Waals surface area contributed by atoms with Gasteiger partial charge in [-0.2, -0.15) is 13.2 Å². The normalized spacial score (nSPS) is 14.3. The standard InChI is InChI=1S/C3H5F3NO5S2/c1-2-12-14(10,11)7-13(8,9)3(4,5)6/h2H2,1H3/q-1. The molecule has 0 aliphatic heterocycles. The molecule has 0 saturated carbocycles. The van der Waals surface area contributed by atoms with Crippen molar-refractivity contribution in [2.45, 2.75) is 12.4 Å². The van der Waals surface area contributed by atoms with Gasteiger partial charge >= 0.3 is 5.51 Å². The highest BCUT2D eigenvalue weighted by Crippen LogP contribution is 2.30. The molecule has 0 amide bonds. The minimum Gasteiger partial charge on any atom is -0.404 e. The molecule has 0 unspecified atom stereocenters. The van der Waals surface area contributed by atoms with Crippen LogP contribution < -0.4 is 0 Å². The predicted molar refractivity (Wildman–Crippen MR) is 38.9 cm³/mol. The molecule has 0 fully saturated rings. The van der Waals surface area contributed by atoms with Gasteiger partial charge < -0.3 is 4.13 Å². The van der Waals surface area contributed by atoms with Crippen LogP contribution in [0.4, 0.5) is 13.2 Å². The lowest BCUT2D eigenvalue weighted by atomic mass is 10.9. The summed E-state index contributed by atoms with van der Waals surface area (Å²) in [6.07, 6.45) is 0. The summed E-state index contributed by atoms with van der Waals surface area (Å²) in [4.78, 5) is 0. The zero-order chi connectivity index (χ0) is 11.6. The van der Waals surface area contributed by atoms with Gasteiger partial charge in [-0.25, -0.2) is 16.8 Å². The summed E-state index contributed by atoms with van der Waals surface area (Å²) in [6, 6.07) is 0. The summed E-state index contributed by atoms with van der Waals surface area (Å²) in [7, 11) is -11.1. The molecular formula is C3H5F3NO5S2-. The Morgan fingerprint density at radius 3 is 1.93 bits per heavy atom. The molecule has 0 aromatic carbocycles. The Morgan fingerprint density at radius 1 is 1.21 bits per heavy atom. The molecule has 0 atom stereocenters. The van der Waals surface area contributed by atoms with Crippen LogP contribution in [-0.2, 0) is 24.5 Å². The molecule has 0 aliphatic carbocycles. The lowest BCUT2D eigenvalue weighted by Gasteiger charge is -2.20. The molecular weight excluding hydrogens is 251 g/mol. The molecule has 0 heterocycles. The average molecular weight is 256 g/mol. The van der Waals surface area contributed by atoms with Crippen molar-refractivity contribution in [1.29, 1.82) is 0 Å². The summed E-state index contributed by atoms with van der Waals surface area (Å²) >= 11 is 0. The highest BCUT2D eigenvalue weighted by atomic mass is 32.3. The maximum absolute atomic E-state index is 11.6. The van der Waals surface area contributed by atoms with E-state index in [2.05, 4.69) is 4.18 Å². The van der Waals surface area contributed by atoms with Crippen LogP contribution in [0.15, 0.2) is 0 Å². The van der Waals surface area contributed by atoms with Crippen molar-refractivity contribution in [1.82, 2.24) is 0 Å². The first-order valence-corrected chi connectivity index (χ1v) is 5.77. The lowest BCUT2D eigenvalue weighted by Crippen LogP contribution is -2.24. The minimum absolute atomic E-state index is 0.515. The third-order valence-electron chi connectivity index (χ3n) is 0.749. The Bertz CT molecular complexity index is 381. The maximum Gasteiger partial charge on any atom is 0.480 e. The Labute approximate surface area is 78.4 Å². The zero-order valence-electron chi connectivity index (χ0n) is 6.65. The molecule has 11 heteroatoms. The van der Waals surface area contributed by atoms with Crippen molar-refractivity contribution in [2.75, 3.05) is 6.61 Å². The second-order valence-corrected chi connectivity index (χ2v) is 4.93. The van der Waals surface area contributed by atoms with E-state index in [9.17, 15) is 30.0 Å². The quantitative estimate of drug-likeness (QED) is 0.730. The summed E-state index contributed by atoms with van der Waals surface area (Å²) < 4.78 is 81.3. The molecule has 0 aromatic heterocycles. The number of halogens is 3. The molecule has 0 aliphatic rings. The van der Waals surface area contributed by atoms with Crippen LogP contribution in [0.2, 0.25) is 0 Å². The van der Waals surface area contributed by atoms with E-state index in [-0.39, 0.29) is 0 Å². The third-order valence-corrected chi connectivity index (χ3v) is 3.38. The monoisotopic (exact) mass is 256 g/mol. The van der Waals surface area contributed by atoms with E-state index in [1.807, 2.05) is 0 Å². The molecule has 0 saturated heterocycles. The van der Waals surface area contributed by atoms with Crippen molar-refractivity contribution in [3.8, 4) is 0 Å². The van der Waals surface area contributed by atoms with E-state index in [4.69, 9.17) is 0 Å². The van der Waals surface area contributed by atoms with Gasteiger partial charge in [-0.15, -0.1) is 0 Å². The second kappa shape index (κ2) is 4.00. The molecule has 0 rings (SSSR count). The SMILES string of the molecule is CCOS(=O)(=O)[N-]S(=O)(=O)C(F)(F)F. The topological polar surface area (TPSA) is 91.6 Å². The van der Waals surface area contributed by atoms with Crippen LogP contribution in [0, 0.1) is 0 Å². The second-order valence-electron chi connectivity index (χ2n) is 1.83. The van der Waals surface area contributed by atoms with Gasteiger partial charge in [-0.1, -0.05) is 0 Å². The average Bonchev–Trinajstić information content (AvgIpc) is 1.80. The van der Waals surface area contributed by atoms with Crippen LogP contribution in [-0.4, -0.2) is 29.0 Å². The van der Waals surface area contributed by atoms with Crippen LogP contribution in [0.5, 0.6) is 0 Å². The fourth-order valence-corrected chi connectivity index (χ4v) is 2.10. The van der Waals surface area contributed by atoms with Gasteiger partial charge in [0.05, 0.1) is 6.61 Å². The van der Waals surface area contributed by atoms with E-state index in [1.165, 1.54) is 0 Å². The molecule has 0 N–H and O–H groups in total. The Balaban J connectivity index is 4.89. The van der Waals surface area contributed by atoms with Crippen molar-refractivity contribution in [2.24, 2.45) is 0 Å². The largest absolute Gasteiger partial charge is 0.480 e. The van der Waals surface area contributed by atoms with Crippen LogP contribution in [0.1, 0.15) is 6.92 Å². The molecule has 0 radical (unpaired) electrons. The molecule has 14 heavy (non-hydrogen) atoms. The third kappa shape index (κ3) is 3.77. The number of nitrogens with zero attached hydrogens (tertiary/aromatic N) is 1. The minimum atomic E-state index is -6.07. The van der Waals surface area contributed by atoms with Gasteiger partial charge in [0.1, 0.15) is 0 Å². The van der Waals surface area contributed by atoms with Gasteiger partial charge in [0.25, 0.3) is 0 Å². The fraction of sp³-hybridized carbons (Fsp3) is 1.00. The van der Waals surface area contributed by atoms with Crippen molar-refractivity contribution in [3.63, 3.8) is 0 Å². The summed E-state index contributed by atoms with van der Waals surface area (Å²) in [5.41, 5.74) is -5.75. The van der Waals surface area contributed by atoms with E-state index < -0.39 is 32.4 Å². The van der Waals surface area contributed by atoms with Gasteiger partial charge in [0.15, 0.2) is 10.0 Å². The molecule has 0 spiro atoms. The first-order chi connectivity index (χ1) is 6.02. The van der Waals surface area contributed by atoms with E-state index in [0.717, 1.165) is 6.92 Å². The smallest absolute Gasteiger partial charge is 0.404 e. The van der Waals surface area contributed by atoms with Gasteiger partial charge in [-0.3, -0.25) is 4.18 Å². The fourth-order valence-electron chi connectivity index (χ4n) is 0.333. The number of hydrogen-bond donors (Lipinski definition) is 0. The van der Waals surface area contributed by atoms with Crippen molar-refractivity contribution < 1.29 is 34.2 Å².